The van der Waals surface area contributed by atoms with Crippen molar-refractivity contribution in [3.8, 4) is 11.1 Å². The Morgan fingerprint density at radius 2 is 1.78 bits per heavy atom. The van der Waals surface area contributed by atoms with Crippen LogP contribution in [0.3, 0.4) is 0 Å². The van der Waals surface area contributed by atoms with Gasteiger partial charge in [-0.2, -0.15) is 0 Å². The third kappa shape index (κ3) is 4.07. The number of carbonyl (C=O) groups is 1. The summed E-state index contributed by atoms with van der Waals surface area (Å²) in [6, 6.07) is 22.1. The van der Waals surface area contributed by atoms with Gasteiger partial charge in [-0.15, -0.1) is 0 Å². The molecule has 6 heteroatoms. The van der Waals surface area contributed by atoms with Gasteiger partial charge in [0, 0.05) is 36.6 Å². The summed E-state index contributed by atoms with van der Waals surface area (Å²) < 4.78 is 0. The molecule has 0 saturated heterocycles. The van der Waals surface area contributed by atoms with Crippen LogP contribution in [0.5, 0.6) is 0 Å². The zero-order valence-electron chi connectivity index (χ0n) is 17.8. The van der Waals surface area contributed by atoms with Crippen LogP contribution in [0.1, 0.15) is 27.2 Å². The first-order chi connectivity index (χ1) is 15.7. The molecule has 0 aliphatic carbocycles. The van der Waals surface area contributed by atoms with E-state index in [1.807, 2.05) is 49.5 Å². The average Bonchev–Trinajstić information content (AvgIpc) is 2.84. The lowest BCUT2D eigenvalue weighted by Gasteiger charge is -2.27. The van der Waals surface area contributed by atoms with Crippen molar-refractivity contribution in [3.05, 3.63) is 102 Å². The third-order valence-corrected chi connectivity index (χ3v) is 5.68. The maximum Gasteiger partial charge on any atom is 0.259 e. The molecule has 0 spiro atoms. The molecule has 3 heterocycles. The molecule has 1 N–H and O–H groups in total. The number of amides is 1. The van der Waals surface area contributed by atoms with Gasteiger partial charge in [0.1, 0.15) is 18.0 Å². The highest BCUT2D eigenvalue weighted by Crippen LogP contribution is 2.24. The van der Waals surface area contributed by atoms with E-state index in [1.54, 1.807) is 4.90 Å². The molecule has 0 unspecified atom stereocenters. The molecule has 0 saturated carbocycles. The fourth-order valence-corrected chi connectivity index (χ4v) is 3.97. The van der Waals surface area contributed by atoms with E-state index in [2.05, 4.69) is 50.6 Å². The van der Waals surface area contributed by atoms with Gasteiger partial charge in [-0.1, -0.05) is 42.5 Å². The van der Waals surface area contributed by atoms with E-state index >= 15 is 0 Å². The Morgan fingerprint density at radius 1 is 0.938 bits per heavy atom. The Morgan fingerprint density at radius 3 is 2.62 bits per heavy atom. The first kappa shape index (κ1) is 19.9. The van der Waals surface area contributed by atoms with Crippen LogP contribution < -0.4 is 10.2 Å². The van der Waals surface area contributed by atoms with Crippen molar-refractivity contribution in [1.82, 2.24) is 15.0 Å². The molecule has 0 bridgehead atoms. The molecule has 2 aromatic carbocycles. The Hall–Kier alpha value is -4.06. The maximum absolute atomic E-state index is 12.9. The second kappa shape index (κ2) is 8.59. The molecule has 158 valence electrons. The number of pyridine rings is 1. The van der Waals surface area contributed by atoms with E-state index in [9.17, 15) is 4.79 Å². The summed E-state index contributed by atoms with van der Waals surface area (Å²) in [5, 5.41) is 3.34. The van der Waals surface area contributed by atoms with Gasteiger partial charge in [0.15, 0.2) is 0 Å². The smallest absolute Gasteiger partial charge is 0.259 e. The van der Waals surface area contributed by atoms with Gasteiger partial charge in [-0.25, -0.2) is 9.97 Å². The average molecular weight is 422 g/mol. The lowest BCUT2D eigenvalue weighted by atomic mass is 9.99. The summed E-state index contributed by atoms with van der Waals surface area (Å²) in [5.74, 6) is 1.29. The fraction of sp³-hybridized carbons (Fsp3) is 0.154. The lowest BCUT2D eigenvalue weighted by molar-refractivity contribution is 0.0980. The van der Waals surface area contributed by atoms with Crippen molar-refractivity contribution in [2.24, 2.45) is 0 Å². The molecule has 6 nitrogen and oxygen atoms in total. The number of fused-ring (bicyclic) bond motifs is 1. The van der Waals surface area contributed by atoms with E-state index in [0.29, 0.717) is 24.7 Å². The minimum Gasteiger partial charge on any atom is -0.366 e. The number of rotatable bonds is 5. The zero-order chi connectivity index (χ0) is 21.9. The van der Waals surface area contributed by atoms with Crippen molar-refractivity contribution in [2.45, 2.75) is 19.9 Å². The van der Waals surface area contributed by atoms with E-state index < -0.39 is 0 Å². The predicted octanol–water partition coefficient (Wildman–Crippen LogP) is 4.66. The van der Waals surface area contributed by atoms with E-state index in [1.165, 1.54) is 6.33 Å². The third-order valence-electron chi connectivity index (χ3n) is 5.68. The Bertz CT molecular complexity index is 1270. The zero-order valence-corrected chi connectivity index (χ0v) is 17.8. The highest BCUT2D eigenvalue weighted by molar-refractivity contribution is 6.07. The van der Waals surface area contributed by atoms with Crippen molar-refractivity contribution >= 4 is 17.5 Å². The maximum atomic E-state index is 12.9. The minimum atomic E-state index is -0.0153. The van der Waals surface area contributed by atoms with Gasteiger partial charge in [0.2, 0.25) is 0 Å². The standard InChI is InChI=1S/C26H23N5O/c1-18-14-22(10-12-27-18)20-8-6-19(7-9-20)16-28-24-15-25(30-17-29-24)31-13-11-21-4-2-3-5-23(21)26(31)32/h2-10,12,14-15,17H,11,13,16H2,1H3,(H,28,29,30). The van der Waals surface area contributed by atoms with Crippen LogP contribution in [-0.4, -0.2) is 27.4 Å². The molecule has 2 aromatic heterocycles. The van der Waals surface area contributed by atoms with Crippen molar-refractivity contribution < 1.29 is 4.79 Å². The first-order valence-corrected chi connectivity index (χ1v) is 10.6. The monoisotopic (exact) mass is 421 g/mol. The number of aryl methyl sites for hydroxylation is 1. The summed E-state index contributed by atoms with van der Waals surface area (Å²) in [5.41, 5.74) is 6.30. The van der Waals surface area contributed by atoms with Crippen molar-refractivity contribution in [2.75, 3.05) is 16.8 Å². The quantitative estimate of drug-likeness (QED) is 0.507. The number of nitrogens with zero attached hydrogens (tertiary/aromatic N) is 4. The van der Waals surface area contributed by atoms with Crippen LogP contribution in [0.2, 0.25) is 0 Å². The second-order valence-electron chi connectivity index (χ2n) is 7.86. The number of carbonyl (C=O) groups excluding carboxylic acids is 1. The minimum absolute atomic E-state index is 0.0153. The number of hydrogen-bond acceptors (Lipinski definition) is 5. The van der Waals surface area contributed by atoms with E-state index in [0.717, 1.165) is 39.9 Å². The van der Waals surface area contributed by atoms with E-state index in [-0.39, 0.29) is 5.91 Å². The number of hydrogen-bond donors (Lipinski definition) is 1. The molecule has 5 rings (SSSR count). The highest BCUT2D eigenvalue weighted by Gasteiger charge is 2.26. The van der Waals surface area contributed by atoms with Crippen LogP contribution in [-0.2, 0) is 13.0 Å². The summed E-state index contributed by atoms with van der Waals surface area (Å²) in [6.07, 6.45) is 4.15. The number of anilines is 2. The molecule has 0 atom stereocenters. The summed E-state index contributed by atoms with van der Waals surface area (Å²) in [6.45, 7) is 3.24. The van der Waals surface area contributed by atoms with Crippen LogP contribution >= 0.6 is 0 Å². The van der Waals surface area contributed by atoms with Crippen molar-refractivity contribution in [3.63, 3.8) is 0 Å². The molecule has 1 aliphatic rings. The number of nitrogens with one attached hydrogen (secondary N) is 1. The van der Waals surface area contributed by atoms with E-state index in [4.69, 9.17) is 0 Å². The topological polar surface area (TPSA) is 71.0 Å². The first-order valence-electron chi connectivity index (χ1n) is 10.6. The molecule has 1 aliphatic heterocycles. The Balaban J connectivity index is 1.27. The van der Waals surface area contributed by atoms with Crippen molar-refractivity contribution in [1.29, 1.82) is 0 Å². The molecule has 4 aromatic rings. The summed E-state index contributed by atoms with van der Waals surface area (Å²) in [7, 11) is 0. The summed E-state index contributed by atoms with van der Waals surface area (Å²) >= 11 is 0. The molecule has 0 fully saturated rings. The second-order valence-corrected chi connectivity index (χ2v) is 7.86. The molecular formula is C26H23N5O. The van der Waals surface area contributed by atoms with Crippen LogP contribution in [0.25, 0.3) is 11.1 Å². The Kier molecular flexibility index (Phi) is 5.34. The largest absolute Gasteiger partial charge is 0.366 e. The highest BCUT2D eigenvalue weighted by atomic mass is 16.2. The molecular weight excluding hydrogens is 398 g/mol. The van der Waals surface area contributed by atoms with Crippen LogP contribution in [0.4, 0.5) is 11.6 Å². The lowest BCUT2D eigenvalue weighted by Crippen LogP contribution is -2.38. The molecule has 32 heavy (non-hydrogen) atoms. The number of aromatic nitrogens is 3. The molecule has 1 amide bonds. The molecule has 0 radical (unpaired) electrons. The van der Waals surface area contributed by atoms with Gasteiger partial charge in [0.05, 0.1) is 0 Å². The normalized spacial score (nSPS) is 13.0. The van der Waals surface area contributed by atoms with Gasteiger partial charge in [-0.3, -0.25) is 14.7 Å². The SMILES string of the molecule is Cc1cc(-c2ccc(CNc3cc(N4CCc5ccccc5C4=O)ncn3)cc2)ccn1. The van der Waals surface area contributed by atoms with Gasteiger partial charge in [-0.05, 0) is 53.8 Å². The van der Waals surface area contributed by atoms with Gasteiger partial charge < -0.3 is 5.32 Å². The van der Waals surface area contributed by atoms with Gasteiger partial charge in [0.25, 0.3) is 5.91 Å². The number of benzene rings is 2. The fourth-order valence-electron chi connectivity index (χ4n) is 3.97. The van der Waals surface area contributed by atoms with Gasteiger partial charge >= 0.3 is 0 Å². The van der Waals surface area contributed by atoms with Crippen LogP contribution in [0.15, 0.2) is 79.3 Å². The Labute approximate surface area is 187 Å². The predicted molar refractivity (Wildman–Crippen MR) is 126 cm³/mol. The van der Waals surface area contributed by atoms with Crippen LogP contribution in [0, 0.1) is 6.92 Å². The summed E-state index contributed by atoms with van der Waals surface area (Å²) in [4.78, 5) is 27.6.